The molecule has 140 valence electrons. The Bertz CT molecular complexity index is 793. The van der Waals surface area contributed by atoms with Gasteiger partial charge in [-0.25, -0.2) is 9.97 Å². The van der Waals surface area contributed by atoms with E-state index in [-0.39, 0.29) is 0 Å². The number of nitrogens with zero attached hydrogens (tertiary/aromatic N) is 4. The molecule has 0 N–H and O–H groups in total. The lowest BCUT2D eigenvalue weighted by Gasteiger charge is -2.28. The van der Waals surface area contributed by atoms with Crippen molar-refractivity contribution in [3.8, 4) is 0 Å². The van der Waals surface area contributed by atoms with Crippen LogP contribution >= 0.6 is 11.3 Å². The molecule has 3 heterocycles. The molecule has 0 amide bonds. The van der Waals surface area contributed by atoms with Crippen LogP contribution in [0.15, 0.2) is 0 Å². The van der Waals surface area contributed by atoms with E-state index in [1.807, 2.05) is 11.3 Å². The van der Waals surface area contributed by atoms with Gasteiger partial charge in [0, 0.05) is 31.1 Å². The molecule has 1 aliphatic heterocycles. The third-order valence-electron chi connectivity index (χ3n) is 6.27. The zero-order chi connectivity index (χ0) is 17.5. The summed E-state index contributed by atoms with van der Waals surface area (Å²) in [6.07, 6.45) is 9.02. The van der Waals surface area contributed by atoms with Gasteiger partial charge in [-0.15, -0.1) is 11.3 Å². The molecule has 0 atom stereocenters. The summed E-state index contributed by atoms with van der Waals surface area (Å²) in [5.74, 6) is 2.18. The monoisotopic (exact) mass is 372 g/mol. The first-order valence-corrected chi connectivity index (χ1v) is 11.0. The van der Waals surface area contributed by atoms with Crippen molar-refractivity contribution in [3.63, 3.8) is 0 Å². The molecule has 0 radical (unpaired) electrons. The molecule has 6 heteroatoms. The molecular formula is C20H28N4OS. The molecule has 0 unspecified atom stereocenters. The molecule has 1 saturated carbocycles. The lowest BCUT2D eigenvalue weighted by atomic mass is 10.1. The Morgan fingerprint density at radius 3 is 2.73 bits per heavy atom. The standard InChI is InChI=1S/C20H28N4OS/c1-23(14-5-2-3-6-14)19-18-15-7-4-8-16(15)26-20(18)22-17(21-19)13-24-9-11-25-12-10-24/h14H,2-13H2,1H3. The summed E-state index contributed by atoms with van der Waals surface area (Å²) in [6, 6.07) is 0.640. The quantitative estimate of drug-likeness (QED) is 0.823. The Morgan fingerprint density at radius 2 is 1.92 bits per heavy atom. The largest absolute Gasteiger partial charge is 0.379 e. The van der Waals surface area contributed by atoms with Crippen LogP contribution in [0.3, 0.4) is 0 Å². The Balaban J connectivity index is 1.54. The minimum atomic E-state index is 0.640. The van der Waals surface area contributed by atoms with Gasteiger partial charge < -0.3 is 9.64 Å². The number of fused-ring (bicyclic) bond motifs is 3. The highest BCUT2D eigenvalue weighted by Gasteiger charge is 2.28. The van der Waals surface area contributed by atoms with Gasteiger partial charge in [-0.3, -0.25) is 4.90 Å². The van der Waals surface area contributed by atoms with Gasteiger partial charge in [-0.05, 0) is 37.7 Å². The number of aromatic nitrogens is 2. The molecule has 0 bridgehead atoms. The topological polar surface area (TPSA) is 41.5 Å². The first kappa shape index (κ1) is 16.9. The fourth-order valence-corrected chi connectivity index (χ4v) is 6.04. The number of anilines is 1. The lowest BCUT2D eigenvalue weighted by Crippen LogP contribution is -2.36. The van der Waals surface area contributed by atoms with Crippen molar-refractivity contribution in [1.82, 2.24) is 14.9 Å². The molecule has 0 spiro atoms. The fourth-order valence-electron chi connectivity index (χ4n) is 4.77. The van der Waals surface area contributed by atoms with E-state index in [0.29, 0.717) is 6.04 Å². The van der Waals surface area contributed by atoms with Crippen LogP contribution in [-0.4, -0.2) is 54.3 Å². The van der Waals surface area contributed by atoms with Crippen LogP contribution in [0.5, 0.6) is 0 Å². The molecule has 2 aliphatic carbocycles. The van der Waals surface area contributed by atoms with Gasteiger partial charge in [0.2, 0.25) is 0 Å². The highest BCUT2D eigenvalue weighted by Crippen LogP contribution is 2.41. The summed E-state index contributed by atoms with van der Waals surface area (Å²) in [5, 5.41) is 1.36. The van der Waals surface area contributed by atoms with Gasteiger partial charge in [-0.1, -0.05) is 12.8 Å². The van der Waals surface area contributed by atoms with Crippen molar-refractivity contribution in [3.05, 3.63) is 16.3 Å². The highest BCUT2D eigenvalue weighted by atomic mass is 32.1. The Morgan fingerprint density at radius 1 is 1.12 bits per heavy atom. The second-order valence-electron chi connectivity index (χ2n) is 7.94. The Labute approximate surface area is 159 Å². The predicted molar refractivity (Wildman–Crippen MR) is 106 cm³/mol. The van der Waals surface area contributed by atoms with E-state index in [9.17, 15) is 0 Å². The second kappa shape index (κ2) is 7.06. The smallest absolute Gasteiger partial charge is 0.146 e. The number of hydrogen-bond acceptors (Lipinski definition) is 6. The van der Waals surface area contributed by atoms with E-state index < -0.39 is 0 Å². The maximum atomic E-state index is 5.49. The van der Waals surface area contributed by atoms with Crippen LogP contribution in [0.4, 0.5) is 5.82 Å². The van der Waals surface area contributed by atoms with Crippen LogP contribution in [-0.2, 0) is 24.1 Å². The van der Waals surface area contributed by atoms with Crippen LogP contribution in [0.2, 0.25) is 0 Å². The molecule has 3 aliphatic rings. The van der Waals surface area contributed by atoms with Crippen LogP contribution in [0.25, 0.3) is 10.2 Å². The van der Waals surface area contributed by atoms with E-state index in [0.717, 1.165) is 38.7 Å². The van der Waals surface area contributed by atoms with Gasteiger partial charge in [0.1, 0.15) is 16.5 Å². The van der Waals surface area contributed by atoms with E-state index in [4.69, 9.17) is 14.7 Å². The summed E-state index contributed by atoms with van der Waals surface area (Å²) in [4.78, 5) is 17.8. The minimum absolute atomic E-state index is 0.640. The molecule has 2 aromatic heterocycles. The number of hydrogen-bond donors (Lipinski definition) is 0. The molecule has 2 fully saturated rings. The van der Waals surface area contributed by atoms with Gasteiger partial charge in [-0.2, -0.15) is 0 Å². The molecule has 0 aromatic carbocycles. The summed E-state index contributed by atoms with van der Waals surface area (Å²) in [6.45, 7) is 4.45. The molecule has 2 aromatic rings. The summed E-state index contributed by atoms with van der Waals surface area (Å²) in [7, 11) is 2.26. The van der Waals surface area contributed by atoms with Gasteiger partial charge >= 0.3 is 0 Å². The number of ether oxygens (including phenoxy) is 1. The number of thiophene rings is 1. The zero-order valence-electron chi connectivity index (χ0n) is 15.7. The van der Waals surface area contributed by atoms with Crippen molar-refractivity contribution in [2.45, 2.75) is 57.5 Å². The lowest BCUT2D eigenvalue weighted by molar-refractivity contribution is 0.0331. The summed E-state index contributed by atoms with van der Waals surface area (Å²) in [5.41, 5.74) is 1.54. The van der Waals surface area contributed by atoms with Crippen molar-refractivity contribution in [2.24, 2.45) is 0 Å². The molecule has 26 heavy (non-hydrogen) atoms. The van der Waals surface area contributed by atoms with Gasteiger partial charge in [0.05, 0.1) is 25.1 Å². The predicted octanol–water partition coefficient (Wildman–Crippen LogP) is 3.39. The third-order valence-corrected chi connectivity index (χ3v) is 7.45. The first-order valence-electron chi connectivity index (χ1n) is 10.1. The zero-order valence-corrected chi connectivity index (χ0v) is 16.5. The van der Waals surface area contributed by atoms with E-state index >= 15 is 0 Å². The van der Waals surface area contributed by atoms with Crippen LogP contribution < -0.4 is 4.90 Å². The van der Waals surface area contributed by atoms with Crippen LogP contribution in [0, 0.1) is 0 Å². The summed E-state index contributed by atoms with van der Waals surface area (Å²) < 4.78 is 5.49. The van der Waals surface area contributed by atoms with Crippen molar-refractivity contribution in [1.29, 1.82) is 0 Å². The number of rotatable bonds is 4. The first-order chi connectivity index (χ1) is 12.8. The van der Waals surface area contributed by atoms with Gasteiger partial charge in [0.25, 0.3) is 0 Å². The summed E-state index contributed by atoms with van der Waals surface area (Å²) >= 11 is 1.92. The van der Waals surface area contributed by atoms with Crippen molar-refractivity contribution < 1.29 is 4.74 Å². The van der Waals surface area contributed by atoms with Crippen molar-refractivity contribution >= 4 is 27.4 Å². The minimum Gasteiger partial charge on any atom is -0.379 e. The number of morpholine rings is 1. The normalized spacial score (nSPS) is 21.6. The van der Waals surface area contributed by atoms with E-state index in [1.54, 1.807) is 10.4 Å². The molecule has 5 rings (SSSR count). The second-order valence-corrected chi connectivity index (χ2v) is 9.02. The number of aryl methyl sites for hydroxylation is 2. The average molecular weight is 373 g/mol. The Kier molecular flexibility index (Phi) is 4.59. The Hall–Kier alpha value is -1.24. The fraction of sp³-hybridized carbons (Fsp3) is 0.700. The van der Waals surface area contributed by atoms with Gasteiger partial charge in [0.15, 0.2) is 0 Å². The SMILES string of the molecule is CN(c1nc(CN2CCOCC2)nc2sc3c(c12)CCC3)C1CCCC1. The average Bonchev–Trinajstić information content (AvgIpc) is 3.38. The van der Waals surface area contributed by atoms with E-state index in [2.05, 4.69) is 16.8 Å². The van der Waals surface area contributed by atoms with E-state index in [1.165, 1.54) is 61.0 Å². The molecular weight excluding hydrogens is 344 g/mol. The van der Waals surface area contributed by atoms with Crippen molar-refractivity contribution in [2.75, 3.05) is 38.3 Å². The third kappa shape index (κ3) is 3.02. The maximum Gasteiger partial charge on any atom is 0.146 e. The molecule has 1 saturated heterocycles. The molecule has 5 nitrogen and oxygen atoms in total. The maximum absolute atomic E-state index is 5.49. The highest BCUT2D eigenvalue weighted by molar-refractivity contribution is 7.19. The van der Waals surface area contributed by atoms with Crippen LogP contribution in [0.1, 0.15) is 48.4 Å².